The van der Waals surface area contributed by atoms with Crippen molar-refractivity contribution in [1.29, 1.82) is 0 Å². The van der Waals surface area contributed by atoms with Gasteiger partial charge in [-0.1, -0.05) is 0 Å². The van der Waals surface area contributed by atoms with Crippen LogP contribution in [0.2, 0.25) is 0 Å². The number of nitrogens with zero attached hydrogens (tertiary/aromatic N) is 2. The van der Waals surface area contributed by atoms with Crippen molar-refractivity contribution in [3.63, 3.8) is 0 Å². The van der Waals surface area contributed by atoms with Gasteiger partial charge in [-0.2, -0.15) is 0 Å². The van der Waals surface area contributed by atoms with E-state index in [-0.39, 0.29) is 23.1 Å². The zero-order valence-electron chi connectivity index (χ0n) is 17.2. The van der Waals surface area contributed by atoms with E-state index in [0.717, 1.165) is 28.1 Å². The summed E-state index contributed by atoms with van der Waals surface area (Å²) in [5.41, 5.74) is 0.135. The normalized spacial score (nSPS) is 15.6. The van der Waals surface area contributed by atoms with Crippen molar-refractivity contribution in [2.24, 2.45) is 0 Å². The fraction of sp³-hybridized carbons (Fsp3) is 0.684. The first kappa shape index (κ1) is 21.2. The first-order valence-corrected chi connectivity index (χ1v) is 10.2. The van der Waals surface area contributed by atoms with Crippen molar-refractivity contribution in [1.82, 2.24) is 14.5 Å². The molecule has 1 aliphatic carbocycles. The van der Waals surface area contributed by atoms with Gasteiger partial charge in [0.2, 0.25) is 0 Å². The second-order valence-corrected chi connectivity index (χ2v) is 8.51. The molecule has 0 unspecified atom stereocenters. The predicted molar refractivity (Wildman–Crippen MR) is 109 cm³/mol. The fourth-order valence-corrected chi connectivity index (χ4v) is 4.67. The lowest BCUT2D eigenvalue weighted by molar-refractivity contribution is -0.0988. The third-order valence-electron chi connectivity index (χ3n) is 5.47. The van der Waals surface area contributed by atoms with Gasteiger partial charge in [-0.25, -0.2) is 4.79 Å². The van der Waals surface area contributed by atoms with Crippen LogP contribution in [0.25, 0.3) is 10.2 Å². The lowest BCUT2D eigenvalue weighted by Crippen LogP contribution is -2.45. The summed E-state index contributed by atoms with van der Waals surface area (Å²) >= 11 is 1.49. The number of thiophene rings is 1. The van der Waals surface area contributed by atoms with E-state index in [1.54, 1.807) is 25.9 Å². The Morgan fingerprint density at radius 3 is 2.46 bits per heavy atom. The highest BCUT2D eigenvalue weighted by molar-refractivity contribution is 7.18. The van der Waals surface area contributed by atoms with Crippen molar-refractivity contribution in [3.05, 3.63) is 31.3 Å². The van der Waals surface area contributed by atoms with Crippen molar-refractivity contribution in [2.75, 3.05) is 34.5 Å². The topological polar surface area (TPSA) is 83.7 Å². The molecule has 28 heavy (non-hydrogen) atoms. The average Bonchev–Trinajstić information content (AvgIpc) is 3.32. The molecule has 0 bridgehead atoms. The molecule has 2 aromatic rings. The zero-order chi connectivity index (χ0) is 20.5. The van der Waals surface area contributed by atoms with Gasteiger partial charge in [0.15, 0.2) is 6.29 Å². The van der Waals surface area contributed by atoms with Crippen LogP contribution in [0, 0.1) is 6.92 Å². The smallest absolute Gasteiger partial charge is 0.332 e. The van der Waals surface area contributed by atoms with Crippen LogP contribution in [0.5, 0.6) is 0 Å². The van der Waals surface area contributed by atoms with Gasteiger partial charge in [0.25, 0.3) is 5.56 Å². The minimum absolute atomic E-state index is 0.180. The summed E-state index contributed by atoms with van der Waals surface area (Å²) in [6.45, 7) is 5.86. The fourth-order valence-electron chi connectivity index (χ4n) is 3.39. The molecule has 0 aromatic carbocycles. The third-order valence-corrected chi connectivity index (χ3v) is 6.78. The van der Waals surface area contributed by atoms with E-state index in [0.29, 0.717) is 31.6 Å². The molecule has 1 fully saturated rings. The van der Waals surface area contributed by atoms with E-state index in [1.165, 1.54) is 15.9 Å². The highest BCUT2D eigenvalue weighted by Gasteiger charge is 2.43. The van der Waals surface area contributed by atoms with Gasteiger partial charge in [0, 0.05) is 39.3 Å². The summed E-state index contributed by atoms with van der Waals surface area (Å²) in [6, 6.07) is 0. The molecular weight excluding hydrogens is 382 g/mol. The Hall–Kier alpha value is -1.52. The number of aromatic nitrogens is 2. The van der Waals surface area contributed by atoms with E-state index >= 15 is 0 Å². The molecule has 2 heterocycles. The van der Waals surface area contributed by atoms with E-state index < -0.39 is 0 Å². The number of hydrogen-bond acceptors (Lipinski definition) is 7. The Morgan fingerprint density at radius 1 is 1.21 bits per heavy atom. The second-order valence-electron chi connectivity index (χ2n) is 7.43. The second kappa shape index (κ2) is 8.46. The van der Waals surface area contributed by atoms with E-state index in [1.807, 2.05) is 13.8 Å². The van der Waals surface area contributed by atoms with E-state index in [2.05, 4.69) is 5.32 Å². The minimum Gasteiger partial charge on any atom is -0.383 e. The van der Waals surface area contributed by atoms with Crippen LogP contribution in [0.1, 0.15) is 30.2 Å². The van der Waals surface area contributed by atoms with Crippen LogP contribution in [-0.4, -0.2) is 49.9 Å². The number of methoxy groups -OCH3 is 3. The van der Waals surface area contributed by atoms with Crippen LogP contribution < -0.4 is 16.6 Å². The molecule has 156 valence electrons. The molecule has 0 saturated heterocycles. The number of aryl methyl sites for hydroxylation is 1. The summed E-state index contributed by atoms with van der Waals surface area (Å²) in [4.78, 5) is 28.1. The Kier molecular flexibility index (Phi) is 6.41. The van der Waals surface area contributed by atoms with Gasteiger partial charge >= 0.3 is 5.69 Å². The monoisotopic (exact) mass is 411 g/mol. The Morgan fingerprint density at radius 2 is 1.89 bits per heavy atom. The molecule has 1 aliphatic rings. The molecule has 9 heteroatoms. The van der Waals surface area contributed by atoms with Gasteiger partial charge in [-0.05, 0) is 32.3 Å². The van der Waals surface area contributed by atoms with Gasteiger partial charge in [0.1, 0.15) is 4.83 Å². The number of hydrogen-bond donors (Lipinski definition) is 1. The summed E-state index contributed by atoms with van der Waals surface area (Å²) < 4.78 is 18.7. The summed E-state index contributed by atoms with van der Waals surface area (Å²) in [6.07, 6.45) is 1.37. The lowest BCUT2D eigenvalue weighted by atomic mass is 10.2. The zero-order valence-corrected chi connectivity index (χ0v) is 18.0. The SMILES string of the molecule is COCCn1c(=O)n(C2(C)CC2)c(=O)c2c(C)c(CNCC(OC)OC)sc21. The number of ether oxygens (including phenoxy) is 3. The largest absolute Gasteiger partial charge is 0.383 e. The summed E-state index contributed by atoms with van der Waals surface area (Å²) in [7, 11) is 4.80. The van der Waals surface area contributed by atoms with Crippen LogP contribution in [0.3, 0.4) is 0 Å². The number of fused-ring (bicyclic) bond motifs is 1. The highest BCUT2D eigenvalue weighted by atomic mass is 32.1. The summed E-state index contributed by atoms with van der Waals surface area (Å²) in [5.74, 6) is 0. The van der Waals surface area contributed by atoms with Crippen molar-refractivity contribution < 1.29 is 14.2 Å². The Balaban J connectivity index is 2.05. The molecule has 0 spiro atoms. The molecule has 1 N–H and O–H groups in total. The minimum atomic E-state index is -0.367. The lowest BCUT2D eigenvalue weighted by Gasteiger charge is -2.16. The standard InChI is InChI=1S/C19H29N3O5S/c1-12-13(10-20-11-14(26-4)27-5)28-17-15(12)16(23)22(19(2)6-7-19)18(24)21(17)8-9-25-3/h14,20H,6-11H2,1-5H3. The maximum atomic E-state index is 13.2. The van der Waals surface area contributed by atoms with Crippen LogP contribution in [0.4, 0.5) is 0 Å². The van der Waals surface area contributed by atoms with Gasteiger partial charge < -0.3 is 19.5 Å². The van der Waals surface area contributed by atoms with E-state index in [4.69, 9.17) is 14.2 Å². The van der Waals surface area contributed by atoms with Crippen molar-refractivity contribution in [2.45, 2.75) is 51.6 Å². The van der Waals surface area contributed by atoms with E-state index in [9.17, 15) is 9.59 Å². The summed E-state index contributed by atoms with van der Waals surface area (Å²) in [5, 5.41) is 3.94. The molecule has 0 radical (unpaired) electrons. The number of rotatable bonds is 10. The average molecular weight is 412 g/mol. The molecule has 3 rings (SSSR count). The van der Waals surface area contributed by atoms with Gasteiger partial charge in [-0.3, -0.25) is 13.9 Å². The third kappa shape index (κ3) is 3.81. The first-order valence-electron chi connectivity index (χ1n) is 9.41. The van der Waals surface area contributed by atoms with Crippen molar-refractivity contribution in [3.8, 4) is 0 Å². The maximum Gasteiger partial charge on any atom is 0.332 e. The molecule has 0 aliphatic heterocycles. The Labute approximate surface area is 168 Å². The predicted octanol–water partition coefficient (Wildman–Crippen LogP) is 1.40. The van der Waals surface area contributed by atoms with Crippen LogP contribution >= 0.6 is 11.3 Å². The quantitative estimate of drug-likeness (QED) is 0.595. The maximum absolute atomic E-state index is 13.2. The Bertz CT molecular complexity index is 953. The molecule has 8 nitrogen and oxygen atoms in total. The molecular formula is C19H29N3O5S. The highest BCUT2D eigenvalue weighted by Crippen LogP contribution is 2.41. The molecule has 1 saturated carbocycles. The van der Waals surface area contributed by atoms with Crippen LogP contribution in [-0.2, 0) is 32.8 Å². The van der Waals surface area contributed by atoms with Crippen molar-refractivity contribution >= 4 is 21.6 Å². The van der Waals surface area contributed by atoms with Gasteiger partial charge in [-0.15, -0.1) is 11.3 Å². The number of nitrogens with one attached hydrogen (secondary N) is 1. The molecule has 2 aromatic heterocycles. The molecule has 0 atom stereocenters. The molecule has 0 amide bonds. The first-order chi connectivity index (χ1) is 13.4. The van der Waals surface area contributed by atoms with Gasteiger partial charge in [0.05, 0.1) is 24.1 Å². The van der Waals surface area contributed by atoms with Crippen LogP contribution in [0.15, 0.2) is 9.59 Å².